The van der Waals surface area contributed by atoms with Gasteiger partial charge >= 0.3 is 0 Å². The van der Waals surface area contributed by atoms with Crippen molar-refractivity contribution >= 4 is 23.7 Å². The predicted octanol–water partition coefficient (Wildman–Crippen LogP) is 1.73. The molecule has 0 aliphatic heterocycles. The molecule has 0 bridgehead atoms. The summed E-state index contributed by atoms with van der Waals surface area (Å²) in [6.45, 7) is 7.16. The molecule has 2 nitrogen and oxygen atoms in total. The fourth-order valence-corrected chi connectivity index (χ4v) is 1.67. The Morgan fingerprint density at radius 3 is 2.45 bits per heavy atom. The van der Waals surface area contributed by atoms with Crippen LogP contribution in [0.1, 0.15) is 10.4 Å². The fraction of sp³-hybridized carbons (Fsp3) is 0.125. The van der Waals surface area contributed by atoms with Crippen molar-refractivity contribution in [1.29, 1.82) is 0 Å². The Balaban J connectivity index is 3.50. The molecule has 0 saturated heterocycles. The average Bonchev–Trinajstić information content (AvgIpc) is 2.28. The van der Waals surface area contributed by atoms with Crippen LogP contribution in [0.5, 0.6) is 0 Å². The first kappa shape index (κ1) is 8.01. The van der Waals surface area contributed by atoms with Crippen molar-refractivity contribution in [3.63, 3.8) is 0 Å². The Hall–Kier alpha value is -1.09. The molecule has 0 unspecified atom stereocenters. The van der Waals surface area contributed by atoms with Crippen LogP contribution in [0.4, 0.5) is 0 Å². The summed E-state index contributed by atoms with van der Waals surface area (Å²) in [6, 6.07) is 0. The van der Waals surface area contributed by atoms with E-state index in [0.717, 1.165) is 4.88 Å². The minimum absolute atomic E-state index is 0.0000926. The van der Waals surface area contributed by atoms with Gasteiger partial charge < -0.3 is 0 Å². The van der Waals surface area contributed by atoms with Gasteiger partial charge in [0.2, 0.25) is 0 Å². The maximum Gasteiger partial charge on any atom is 0.268 e. The predicted molar refractivity (Wildman–Crippen MR) is 49.7 cm³/mol. The van der Waals surface area contributed by atoms with Crippen LogP contribution in [0.25, 0.3) is 12.2 Å². The molecule has 1 rings (SSSR count). The number of nitrogens with zero attached hydrogens (tertiary/aromatic N) is 1. The molecular weight excluding hydrogens is 158 g/mol. The van der Waals surface area contributed by atoms with Crippen LogP contribution in [0.3, 0.4) is 0 Å². The minimum atomic E-state index is -0.0000926. The summed E-state index contributed by atoms with van der Waals surface area (Å²) in [4.78, 5) is 12.1. The summed E-state index contributed by atoms with van der Waals surface area (Å²) in [5, 5.41) is 0. The molecule has 0 atom stereocenters. The SMILES string of the molecule is C=Cc1sn(C)c(=O)c1C=C. The van der Waals surface area contributed by atoms with E-state index in [4.69, 9.17) is 0 Å². The first-order valence-electron chi connectivity index (χ1n) is 3.16. The summed E-state index contributed by atoms with van der Waals surface area (Å²) in [7, 11) is 1.73. The molecule has 1 aromatic rings. The molecular formula is C8H9NOS. The van der Waals surface area contributed by atoms with E-state index in [1.807, 2.05) is 0 Å². The van der Waals surface area contributed by atoms with Gasteiger partial charge in [-0.15, -0.1) is 0 Å². The lowest BCUT2D eigenvalue weighted by Crippen LogP contribution is -2.10. The zero-order valence-corrected chi connectivity index (χ0v) is 7.15. The molecule has 0 saturated carbocycles. The van der Waals surface area contributed by atoms with E-state index in [1.165, 1.54) is 11.5 Å². The molecule has 0 spiro atoms. The highest BCUT2D eigenvalue weighted by atomic mass is 32.1. The Bertz CT molecular complexity index is 345. The third kappa shape index (κ3) is 1.19. The number of aromatic nitrogens is 1. The van der Waals surface area contributed by atoms with E-state index in [2.05, 4.69) is 13.2 Å². The number of hydrogen-bond acceptors (Lipinski definition) is 2. The second kappa shape index (κ2) is 2.88. The molecule has 0 radical (unpaired) electrons. The summed E-state index contributed by atoms with van der Waals surface area (Å²) < 4.78 is 1.56. The van der Waals surface area contributed by atoms with Crippen molar-refractivity contribution in [2.75, 3.05) is 0 Å². The third-order valence-electron chi connectivity index (χ3n) is 1.41. The summed E-state index contributed by atoms with van der Waals surface area (Å²) >= 11 is 1.38. The first-order chi connectivity index (χ1) is 5.20. The normalized spacial score (nSPS) is 9.55. The standard InChI is InChI=1S/C8H9NOS/c1-4-6-7(5-2)11-9(3)8(6)10/h4-5H,1-2H2,3H3. The van der Waals surface area contributed by atoms with E-state index in [1.54, 1.807) is 23.2 Å². The zero-order chi connectivity index (χ0) is 8.43. The van der Waals surface area contributed by atoms with Crippen LogP contribution in [-0.2, 0) is 7.05 Å². The highest BCUT2D eigenvalue weighted by molar-refractivity contribution is 7.07. The molecule has 11 heavy (non-hydrogen) atoms. The van der Waals surface area contributed by atoms with Crippen molar-refractivity contribution in [3.8, 4) is 0 Å². The quantitative estimate of drug-likeness (QED) is 0.657. The van der Waals surface area contributed by atoms with E-state index in [-0.39, 0.29) is 5.56 Å². The maximum absolute atomic E-state index is 11.2. The largest absolute Gasteiger partial charge is 0.268 e. The Labute approximate surface area is 69.2 Å². The van der Waals surface area contributed by atoms with Crippen molar-refractivity contribution in [2.45, 2.75) is 0 Å². The molecule has 0 fully saturated rings. The van der Waals surface area contributed by atoms with E-state index in [0.29, 0.717) is 5.56 Å². The molecule has 0 aliphatic rings. The lowest BCUT2D eigenvalue weighted by molar-refractivity contribution is 0.978. The molecule has 3 heteroatoms. The van der Waals surface area contributed by atoms with Gasteiger partial charge in [-0.05, 0) is 6.08 Å². The monoisotopic (exact) mass is 167 g/mol. The molecule has 1 aromatic heterocycles. The lowest BCUT2D eigenvalue weighted by Gasteiger charge is -1.82. The zero-order valence-electron chi connectivity index (χ0n) is 6.33. The number of hydrogen-bond donors (Lipinski definition) is 0. The van der Waals surface area contributed by atoms with Crippen molar-refractivity contribution < 1.29 is 0 Å². The smallest absolute Gasteiger partial charge is 0.268 e. The van der Waals surface area contributed by atoms with Gasteiger partial charge in [0, 0.05) is 7.05 Å². The van der Waals surface area contributed by atoms with Crippen LogP contribution in [0, 0.1) is 0 Å². The van der Waals surface area contributed by atoms with Crippen LogP contribution < -0.4 is 5.56 Å². The second-order valence-corrected chi connectivity index (χ2v) is 3.25. The van der Waals surface area contributed by atoms with Gasteiger partial charge in [-0.25, -0.2) is 0 Å². The van der Waals surface area contributed by atoms with Gasteiger partial charge in [0.05, 0.1) is 10.4 Å². The van der Waals surface area contributed by atoms with Crippen LogP contribution >= 0.6 is 11.5 Å². The van der Waals surface area contributed by atoms with Crippen LogP contribution in [0.2, 0.25) is 0 Å². The summed E-state index contributed by atoms with van der Waals surface area (Å²) in [6.07, 6.45) is 3.24. The van der Waals surface area contributed by atoms with Gasteiger partial charge in [-0.3, -0.25) is 8.75 Å². The van der Waals surface area contributed by atoms with Gasteiger partial charge in [0.1, 0.15) is 0 Å². The number of rotatable bonds is 2. The highest BCUT2D eigenvalue weighted by Gasteiger charge is 2.05. The van der Waals surface area contributed by atoms with Crippen LogP contribution in [0.15, 0.2) is 18.0 Å². The summed E-state index contributed by atoms with van der Waals surface area (Å²) in [5.74, 6) is 0. The summed E-state index contributed by atoms with van der Waals surface area (Å²) in [5.41, 5.74) is 0.646. The Kier molecular flexibility index (Phi) is 2.10. The minimum Gasteiger partial charge on any atom is -0.268 e. The number of aryl methyl sites for hydroxylation is 1. The van der Waals surface area contributed by atoms with Gasteiger partial charge in [0.15, 0.2) is 0 Å². The molecule has 0 aliphatic carbocycles. The van der Waals surface area contributed by atoms with Gasteiger partial charge in [0.25, 0.3) is 5.56 Å². The van der Waals surface area contributed by atoms with Crippen molar-refractivity contribution in [1.82, 2.24) is 3.96 Å². The Morgan fingerprint density at radius 2 is 2.09 bits per heavy atom. The van der Waals surface area contributed by atoms with E-state index in [9.17, 15) is 4.79 Å². The molecule has 1 heterocycles. The van der Waals surface area contributed by atoms with Gasteiger partial charge in [-0.2, -0.15) is 0 Å². The lowest BCUT2D eigenvalue weighted by atomic mass is 10.3. The molecule has 0 aromatic carbocycles. The average molecular weight is 167 g/mol. The first-order valence-corrected chi connectivity index (χ1v) is 3.93. The Morgan fingerprint density at radius 1 is 1.45 bits per heavy atom. The van der Waals surface area contributed by atoms with Crippen LogP contribution in [-0.4, -0.2) is 3.96 Å². The second-order valence-electron chi connectivity index (χ2n) is 2.08. The molecule has 0 amide bonds. The van der Waals surface area contributed by atoms with E-state index >= 15 is 0 Å². The maximum atomic E-state index is 11.2. The van der Waals surface area contributed by atoms with Crippen molar-refractivity contribution in [2.24, 2.45) is 7.05 Å². The third-order valence-corrected chi connectivity index (χ3v) is 2.43. The highest BCUT2D eigenvalue weighted by Crippen LogP contribution is 2.13. The van der Waals surface area contributed by atoms with Crippen molar-refractivity contribution in [3.05, 3.63) is 34.0 Å². The molecule has 58 valence electrons. The van der Waals surface area contributed by atoms with E-state index < -0.39 is 0 Å². The topological polar surface area (TPSA) is 22.0 Å². The van der Waals surface area contributed by atoms with Gasteiger partial charge in [-0.1, -0.05) is 30.8 Å². The molecule has 0 N–H and O–H groups in total. The fourth-order valence-electron chi connectivity index (χ4n) is 0.848.